The molecule has 3 aromatic carbocycles. The van der Waals surface area contributed by atoms with Crippen LogP contribution in [0.15, 0.2) is 70.7 Å². The molecule has 0 unspecified atom stereocenters. The van der Waals surface area contributed by atoms with Crippen LogP contribution in [-0.4, -0.2) is 27.6 Å². The van der Waals surface area contributed by atoms with E-state index >= 15 is 0 Å². The zero-order chi connectivity index (χ0) is 23.3. The second-order valence-electron chi connectivity index (χ2n) is 6.59. The number of halogens is 2. The van der Waals surface area contributed by atoms with Crippen LogP contribution in [0.4, 0.5) is 0 Å². The number of carbonyl (C=O) groups is 1. The molecule has 10 heteroatoms. The minimum Gasteiger partial charge on any atom is -0.493 e. The predicted molar refractivity (Wildman–Crippen MR) is 124 cm³/mol. The van der Waals surface area contributed by atoms with Crippen molar-refractivity contribution in [1.29, 1.82) is 0 Å². The fraction of sp³-hybridized carbons (Fsp3) is 0.0909. The first-order valence-electron chi connectivity index (χ1n) is 9.17. The van der Waals surface area contributed by atoms with Crippen molar-refractivity contribution in [2.24, 2.45) is 5.10 Å². The predicted octanol–water partition coefficient (Wildman–Crippen LogP) is 4.84. The fourth-order valence-corrected chi connectivity index (χ4v) is 3.81. The number of hydrogen-bond donors (Lipinski definition) is 1. The molecule has 0 bridgehead atoms. The standard InChI is InChI=1S/C22H18Cl2N2O5S/c1-14-3-7-17(8-4-14)32(28,29)31-21-11-15(5-10-20(21)30-2)13-25-26-22(27)16-6-9-18(23)19(24)12-16/h3-13H,1-2H3,(H,26,27)/b25-13-. The topological polar surface area (TPSA) is 94.1 Å². The van der Waals surface area contributed by atoms with Crippen molar-refractivity contribution in [3.63, 3.8) is 0 Å². The first-order chi connectivity index (χ1) is 15.2. The molecule has 0 saturated carbocycles. The van der Waals surface area contributed by atoms with Crippen molar-refractivity contribution in [3.8, 4) is 11.5 Å². The summed E-state index contributed by atoms with van der Waals surface area (Å²) in [7, 11) is -2.68. The van der Waals surface area contributed by atoms with Crippen LogP contribution in [0.25, 0.3) is 0 Å². The molecule has 3 rings (SSSR count). The number of nitrogens with zero attached hydrogens (tertiary/aromatic N) is 1. The molecule has 1 amide bonds. The lowest BCUT2D eigenvalue weighted by molar-refractivity contribution is 0.0955. The number of nitrogens with one attached hydrogen (secondary N) is 1. The van der Waals surface area contributed by atoms with E-state index in [2.05, 4.69) is 10.5 Å². The van der Waals surface area contributed by atoms with Gasteiger partial charge in [-0.1, -0.05) is 40.9 Å². The summed E-state index contributed by atoms with van der Waals surface area (Å²) in [6.45, 7) is 1.85. The van der Waals surface area contributed by atoms with Gasteiger partial charge in [0.25, 0.3) is 5.91 Å². The van der Waals surface area contributed by atoms with Crippen LogP contribution >= 0.6 is 23.2 Å². The molecule has 0 spiro atoms. The highest BCUT2D eigenvalue weighted by Gasteiger charge is 2.19. The molecule has 0 aliphatic rings. The lowest BCUT2D eigenvalue weighted by atomic mass is 10.2. The number of aryl methyl sites for hydroxylation is 1. The summed E-state index contributed by atoms with van der Waals surface area (Å²) < 4.78 is 35.7. The van der Waals surface area contributed by atoms with Gasteiger partial charge in [0.2, 0.25) is 0 Å². The summed E-state index contributed by atoms with van der Waals surface area (Å²) in [6, 6.07) is 15.3. The first kappa shape index (κ1) is 23.6. The smallest absolute Gasteiger partial charge is 0.339 e. The van der Waals surface area contributed by atoms with Crippen molar-refractivity contribution < 1.29 is 22.1 Å². The number of methoxy groups -OCH3 is 1. The van der Waals surface area contributed by atoms with Gasteiger partial charge in [0, 0.05) is 5.56 Å². The summed E-state index contributed by atoms with van der Waals surface area (Å²) in [6.07, 6.45) is 1.33. The van der Waals surface area contributed by atoms with Crippen LogP contribution in [0.3, 0.4) is 0 Å². The van der Waals surface area contributed by atoms with Crippen molar-refractivity contribution in [3.05, 3.63) is 87.4 Å². The molecule has 0 heterocycles. The van der Waals surface area contributed by atoms with Crippen molar-refractivity contribution in [1.82, 2.24) is 5.43 Å². The van der Waals surface area contributed by atoms with E-state index in [0.29, 0.717) is 10.6 Å². The SMILES string of the molecule is COc1ccc(/C=N\NC(=O)c2ccc(Cl)c(Cl)c2)cc1OS(=O)(=O)c1ccc(C)cc1. The van der Waals surface area contributed by atoms with Crippen molar-refractivity contribution >= 4 is 45.4 Å². The Bertz CT molecular complexity index is 1280. The fourth-order valence-electron chi connectivity index (χ4n) is 2.58. The van der Waals surface area contributed by atoms with Gasteiger partial charge in [-0.2, -0.15) is 13.5 Å². The molecule has 32 heavy (non-hydrogen) atoms. The Morgan fingerprint density at radius 2 is 1.69 bits per heavy atom. The average molecular weight is 493 g/mol. The molecule has 166 valence electrons. The number of amides is 1. The minimum absolute atomic E-state index is 0.0121. The minimum atomic E-state index is -4.07. The summed E-state index contributed by atoms with van der Waals surface area (Å²) in [5.74, 6) is -0.294. The third-order valence-corrected chi connectivity index (χ3v) is 6.25. The van der Waals surface area contributed by atoms with Gasteiger partial charge in [-0.15, -0.1) is 0 Å². The Balaban J connectivity index is 1.77. The zero-order valence-electron chi connectivity index (χ0n) is 17.0. The molecule has 0 radical (unpaired) electrons. The van der Waals surface area contributed by atoms with Gasteiger partial charge in [-0.25, -0.2) is 5.43 Å². The molecule has 0 atom stereocenters. The molecule has 0 saturated heterocycles. The van der Waals surface area contributed by atoms with Crippen molar-refractivity contribution in [2.75, 3.05) is 7.11 Å². The summed E-state index contributed by atoms with van der Waals surface area (Å²) in [5, 5.41) is 4.46. The monoisotopic (exact) mass is 492 g/mol. The maximum absolute atomic E-state index is 12.6. The number of benzene rings is 3. The highest BCUT2D eigenvalue weighted by atomic mass is 35.5. The molecule has 3 aromatic rings. The number of rotatable bonds is 7. The van der Waals surface area contributed by atoms with E-state index in [1.807, 2.05) is 6.92 Å². The second kappa shape index (κ2) is 10.0. The van der Waals surface area contributed by atoms with E-state index in [1.54, 1.807) is 18.2 Å². The highest BCUT2D eigenvalue weighted by Crippen LogP contribution is 2.30. The Morgan fingerprint density at radius 3 is 2.34 bits per heavy atom. The molecule has 0 aromatic heterocycles. The Morgan fingerprint density at radius 1 is 0.969 bits per heavy atom. The van der Waals surface area contributed by atoms with E-state index in [4.69, 9.17) is 32.1 Å². The summed E-state index contributed by atoms with van der Waals surface area (Å²) in [4.78, 5) is 12.2. The normalized spacial score (nSPS) is 11.4. The van der Waals surface area contributed by atoms with Gasteiger partial charge < -0.3 is 8.92 Å². The Hall–Kier alpha value is -3.07. The van der Waals surface area contributed by atoms with Crippen LogP contribution in [0.1, 0.15) is 21.5 Å². The number of carbonyl (C=O) groups excluding carboxylic acids is 1. The first-order valence-corrected chi connectivity index (χ1v) is 11.3. The van der Waals surface area contributed by atoms with E-state index in [9.17, 15) is 13.2 Å². The third-order valence-electron chi connectivity index (χ3n) is 4.26. The Kier molecular flexibility index (Phi) is 7.40. The van der Waals surface area contributed by atoms with E-state index < -0.39 is 16.0 Å². The van der Waals surface area contributed by atoms with Gasteiger partial charge in [0.15, 0.2) is 11.5 Å². The van der Waals surface area contributed by atoms with E-state index in [1.165, 1.54) is 55.8 Å². The quantitative estimate of drug-likeness (QED) is 0.289. The molecule has 7 nitrogen and oxygen atoms in total. The number of hydrazone groups is 1. The maximum Gasteiger partial charge on any atom is 0.339 e. The van der Waals surface area contributed by atoms with Gasteiger partial charge in [-0.3, -0.25) is 4.79 Å². The average Bonchev–Trinajstić information content (AvgIpc) is 2.76. The van der Waals surface area contributed by atoms with Crippen LogP contribution in [0, 0.1) is 6.92 Å². The van der Waals surface area contributed by atoms with Crippen LogP contribution in [0.5, 0.6) is 11.5 Å². The molecular weight excluding hydrogens is 475 g/mol. The third kappa shape index (κ3) is 5.79. The van der Waals surface area contributed by atoms with Crippen LogP contribution in [0.2, 0.25) is 10.0 Å². The molecule has 0 aliphatic carbocycles. The van der Waals surface area contributed by atoms with Crippen LogP contribution < -0.4 is 14.3 Å². The largest absolute Gasteiger partial charge is 0.493 e. The highest BCUT2D eigenvalue weighted by molar-refractivity contribution is 7.87. The van der Waals surface area contributed by atoms with Gasteiger partial charge in [0.1, 0.15) is 4.90 Å². The van der Waals surface area contributed by atoms with E-state index in [0.717, 1.165) is 5.56 Å². The van der Waals surface area contributed by atoms with Gasteiger partial charge >= 0.3 is 10.1 Å². The molecular formula is C22H18Cl2N2O5S. The molecule has 0 fully saturated rings. The van der Waals surface area contributed by atoms with E-state index in [-0.39, 0.29) is 27.0 Å². The maximum atomic E-state index is 12.6. The summed E-state index contributed by atoms with van der Waals surface area (Å²) in [5.41, 5.74) is 4.02. The van der Waals surface area contributed by atoms with Gasteiger partial charge in [-0.05, 0) is 61.0 Å². The zero-order valence-corrected chi connectivity index (χ0v) is 19.3. The second-order valence-corrected chi connectivity index (χ2v) is 8.95. The van der Waals surface area contributed by atoms with Crippen molar-refractivity contribution in [2.45, 2.75) is 11.8 Å². The lowest BCUT2D eigenvalue weighted by Gasteiger charge is -2.11. The number of ether oxygens (including phenoxy) is 1. The number of hydrogen-bond acceptors (Lipinski definition) is 6. The lowest BCUT2D eigenvalue weighted by Crippen LogP contribution is -2.17. The van der Waals surface area contributed by atoms with Crippen LogP contribution in [-0.2, 0) is 10.1 Å². The Labute approximate surface area is 195 Å². The molecule has 0 aliphatic heterocycles. The molecule has 1 N–H and O–H groups in total. The van der Waals surface area contributed by atoms with Gasteiger partial charge in [0.05, 0.1) is 23.4 Å². The summed E-state index contributed by atoms with van der Waals surface area (Å²) >= 11 is 11.8.